The predicted molar refractivity (Wildman–Crippen MR) is 82.9 cm³/mol. The third-order valence-electron chi connectivity index (χ3n) is 4.26. The van der Waals surface area contributed by atoms with E-state index >= 15 is 0 Å². The highest BCUT2D eigenvalue weighted by molar-refractivity contribution is 5.90. The molecule has 0 heterocycles. The Bertz CT molecular complexity index is 651. The van der Waals surface area contributed by atoms with Crippen molar-refractivity contribution < 1.29 is 22.8 Å². The van der Waals surface area contributed by atoms with Crippen LogP contribution in [0.25, 0.3) is 0 Å². The van der Waals surface area contributed by atoms with Crippen molar-refractivity contribution >= 4 is 11.8 Å². The number of rotatable bonds is 5. The lowest BCUT2D eigenvalue weighted by molar-refractivity contribution is -0.137. The van der Waals surface area contributed by atoms with Gasteiger partial charge in [0.15, 0.2) is 0 Å². The normalized spacial score (nSPS) is 16.0. The topological polar surface area (TPSA) is 49.4 Å². The summed E-state index contributed by atoms with van der Waals surface area (Å²) in [6.45, 7) is 3.17. The lowest BCUT2D eigenvalue weighted by atomic mass is 9.71. The summed E-state index contributed by atoms with van der Waals surface area (Å²) in [6, 6.07) is 5.03. The molecule has 1 aliphatic rings. The molecule has 0 spiro atoms. The van der Waals surface area contributed by atoms with Gasteiger partial charge in [0.05, 0.1) is 17.6 Å². The number of nitrogens with zero attached hydrogens (tertiary/aromatic N) is 1. The smallest absolute Gasteiger partial charge is 0.345 e. The average molecular weight is 340 g/mol. The molecular weight excluding hydrogens is 321 g/mol. The molecule has 0 aromatic heterocycles. The van der Waals surface area contributed by atoms with Crippen LogP contribution < -0.4 is 5.32 Å². The highest BCUT2D eigenvalue weighted by Crippen LogP contribution is 2.42. The number of hydrogen-bond acceptors (Lipinski definition) is 2. The first-order chi connectivity index (χ1) is 11.2. The molecule has 0 radical (unpaired) electrons. The summed E-state index contributed by atoms with van der Waals surface area (Å²) in [6.07, 6.45) is -1.38. The van der Waals surface area contributed by atoms with E-state index in [9.17, 15) is 22.8 Å². The van der Waals surface area contributed by atoms with E-state index in [1.807, 2.05) is 0 Å². The van der Waals surface area contributed by atoms with Crippen molar-refractivity contribution in [1.29, 1.82) is 0 Å². The number of carbonyl (C=O) groups is 2. The third kappa shape index (κ3) is 3.77. The summed E-state index contributed by atoms with van der Waals surface area (Å²) >= 11 is 0. The first kappa shape index (κ1) is 18.0. The van der Waals surface area contributed by atoms with Gasteiger partial charge in [0, 0.05) is 7.05 Å². The lowest BCUT2D eigenvalue weighted by Crippen LogP contribution is -2.53. The third-order valence-corrected chi connectivity index (χ3v) is 4.26. The Labute approximate surface area is 138 Å². The monoisotopic (exact) mass is 340 g/mol. The second kappa shape index (κ2) is 6.67. The van der Waals surface area contributed by atoms with Gasteiger partial charge in [-0.25, -0.2) is 0 Å². The highest BCUT2D eigenvalue weighted by Gasteiger charge is 2.41. The van der Waals surface area contributed by atoms with E-state index in [-0.39, 0.29) is 6.54 Å². The Hall–Kier alpha value is -2.31. The van der Waals surface area contributed by atoms with Gasteiger partial charge in [-0.3, -0.25) is 9.59 Å². The fourth-order valence-corrected chi connectivity index (χ4v) is 2.76. The van der Waals surface area contributed by atoms with Gasteiger partial charge in [-0.1, -0.05) is 18.7 Å². The van der Waals surface area contributed by atoms with E-state index in [1.54, 1.807) is 6.07 Å². The first-order valence-corrected chi connectivity index (χ1v) is 7.54. The SMILES string of the molecule is C=CC(=O)N(C)CC(=O)NC1(c2cccc(C(F)(F)F)c2)CCC1. The zero-order valence-corrected chi connectivity index (χ0v) is 13.3. The fourth-order valence-electron chi connectivity index (χ4n) is 2.76. The van der Waals surface area contributed by atoms with Crippen LogP contribution in [0, 0.1) is 0 Å². The Morgan fingerprint density at radius 1 is 1.38 bits per heavy atom. The van der Waals surface area contributed by atoms with E-state index in [0.717, 1.165) is 24.6 Å². The molecule has 1 aromatic carbocycles. The van der Waals surface area contributed by atoms with Crippen molar-refractivity contribution in [3.05, 3.63) is 48.0 Å². The number of alkyl halides is 3. The molecule has 0 bridgehead atoms. The van der Waals surface area contributed by atoms with Gasteiger partial charge in [-0.15, -0.1) is 0 Å². The van der Waals surface area contributed by atoms with Gasteiger partial charge in [-0.05, 0) is 43.0 Å². The second-order valence-electron chi connectivity index (χ2n) is 5.96. The van der Waals surface area contributed by atoms with Crippen LogP contribution in [0.4, 0.5) is 13.2 Å². The molecule has 24 heavy (non-hydrogen) atoms. The molecule has 7 heteroatoms. The number of likely N-dealkylation sites (N-methyl/N-ethyl adjacent to an activating group) is 1. The molecular formula is C17H19F3N2O2. The van der Waals surface area contributed by atoms with Crippen molar-refractivity contribution in [2.75, 3.05) is 13.6 Å². The summed E-state index contributed by atoms with van der Waals surface area (Å²) in [5, 5.41) is 2.80. The number of halogens is 3. The quantitative estimate of drug-likeness (QED) is 0.838. The van der Waals surface area contributed by atoms with Crippen molar-refractivity contribution in [2.45, 2.75) is 31.0 Å². The second-order valence-corrected chi connectivity index (χ2v) is 5.96. The minimum atomic E-state index is -4.43. The van der Waals surface area contributed by atoms with E-state index in [4.69, 9.17) is 0 Å². The minimum absolute atomic E-state index is 0.175. The van der Waals surface area contributed by atoms with Crippen LogP contribution in [0.5, 0.6) is 0 Å². The molecule has 0 atom stereocenters. The molecule has 2 rings (SSSR count). The van der Waals surface area contributed by atoms with Crippen molar-refractivity contribution in [3.8, 4) is 0 Å². The van der Waals surface area contributed by atoms with E-state index in [0.29, 0.717) is 18.4 Å². The Balaban J connectivity index is 2.16. The van der Waals surface area contributed by atoms with Gasteiger partial charge in [0.25, 0.3) is 0 Å². The van der Waals surface area contributed by atoms with Gasteiger partial charge in [0.2, 0.25) is 11.8 Å². The minimum Gasteiger partial charge on any atom is -0.345 e. The first-order valence-electron chi connectivity index (χ1n) is 7.54. The Morgan fingerprint density at radius 2 is 2.04 bits per heavy atom. The number of nitrogens with one attached hydrogen (secondary N) is 1. The Kier molecular flexibility index (Phi) is 5.01. The standard InChI is InChI=1S/C17H19F3N2O2/c1-3-15(24)22(2)11-14(23)21-16(8-5-9-16)12-6-4-7-13(10-12)17(18,19)20/h3-4,6-7,10H,1,5,8-9,11H2,2H3,(H,21,23). The van der Waals surface area contributed by atoms with Gasteiger partial charge in [0.1, 0.15) is 0 Å². The molecule has 1 aromatic rings. The van der Waals surface area contributed by atoms with Gasteiger partial charge >= 0.3 is 6.18 Å². The fraction of sp³-hybridized carbons (Fsp3) is 0.412. The molecule has 1 N–H and O–H groups in total. The summed E-state index contributed by atoms with van der Waals surface area (Å²) in [7, 11) is 1.46. The van der Waals surface area contributed by atoms with Crippen molar-refractivity contribution in [2.24, 2.45) is 0 Å². The van der Waals surface area contributed by atoms with E-state index in [1.165, 1.54) is 18.0 Å². The summed E-state index contributed by atoms with van der Waals surface area (Å²) < 4.78 is 38.7. The van der Waals surface area contributed by atoms with Crippen LogP contribution in [-0.2, 0) is 21.3 Å². The maximum absolute atomic E-state index is 12.9. The number of carbonyl (C=O) groups excluding carboxylic acids is 2. The molecule has 130 valence electrons. The molecule has 1 fully saturated rings. The predicted octanol–water partition coefficient (Wildman–Crippen LogP) is 2.85. The van der Waals surface area contributed by atoms with E-state index < -0.39 is 29.1 Å². The van der Waals surface area contributed by atoms with Crippen molar-refractivity contribution in [1.82, 2.24) is 10.2 Å². The maximum atomic E-state index is 12.9. The molecule has 1 aliphatic carbocycles. The average Bonchev–Trinajstić information content (AvgIpc) is 2.49. The van der Waals surface area contributed by atoms with Crippen LogP contribution in [0.2, 0.25) is 0 Å². The lowest BCUT2D eigenvalue weighted by Gasteiger charge is -2.43. The van der Waals surface area contributed by atoms with Crippen LogP contribution in [0.15, 0.2) is 36.9 Å². The maximum Gasteiger partial charge on any atom is 0.416 e. The van der Waals surface area contributed by atoms with Crippen LogP contribution in [-0.4, -0.2) is 30.3 Å². The number of benzene rings is 1. The molecule has 0 saturated heterocycles. The summed E-state index contributed by atoms with van der Waals surface area (Å²) in [4.78, 5) is 24.8. The Morgan fingerprint density at radius 3 is 2.54 bits per heavy atom. The van der Waals surface area contributed by atoms with Gasteiger partial charge in [-0.2, -0.15) is 13.2 Å². The van der Waals surface area contributed by atoms with Crippen LogP contribution >= 0.6 is 0 Å². The van der Waals surface area contributed by atoms with Gasteiger partial charge < -0.3 is 10.2 Å². The molecule has 4 nitrogen and oxygen atoms in total. The van der Waals surface area contributed by atoms with Crippen LogP contribution in [0.1, 0.15) is 30.4 Å². The molecule has 0 unspecified atom stereocenters. The van der Waals surface area contributed by atoms with E-state index in [2.05, 4.69) is 11.9 Å². The van der Waals surface area contributed by atoms with Crippen LogP contribution in [0.3, 0.4) is 0 Å². The largest absolute Gasteiger partial charge is 0.416 e. The van der Waals surface area contributed by atoms with Crippen molar-refractivity contribution in [3.63, 3.8) is 0 Å². The molecule has 2 amide bonds. The highest BCUT2D eigenvalue weighted by atomic mass is 19.4. The molecule has 1 saturated carbocycles. The summed E-state index contributed by atoms with van der Waals surface area (Å²) in [5.74, 6) is -0.809. The zero-order chi connectivity index (χ0) is 18.0. The zero-order valence-electron chi connectivity index (χ0n) is 13.3. The summed E-state index contributed by atoms with van der Waals surface area (Å²) in [5.41, 5.74) is -1.09. The number of hydrogen-bond donors (Lipinski definition) is 1. The number of amides is 2. The molecule has 0 aliphatic heterocycles.